The number of amides is 1. The Morgan fingerprint density at radius 3 is 2.75 bits per heavy atom. The highest BCUT2D eigenvalue weighted by Crippen LogP contribution is 1.95. The van der Waals surface area contributed by atoms with Crippen LogP contribution in [0.5, 0.6) is 0 Å². The van der Waals surface area contributed by atoms with Crippen molar-refractivity contribution < 1.29 is 27.9 Å². The second-order valence-electron chi connectivity index (χ2n) is 3.52. The first-order chi connectivity index (χ1) is 9.34. The molecule has 11 heteroatoms. The molecule has 0 aliphatic carbocycles. The minimum Gasteiger partial charge on any atom is -0.476 e. The average molecular weight is 306 g/mol. The lowest BCUT2D eigenvalue weighted by atomic mass is 10.5. The Balaban J connectivity index is 2.42. The number of carboxylic acids is 1. The lowest BCUT2D eigenvalue weighted by Gasteiger charge is -2.08. The van der Waals surface area contributed by atoms with Crippen LogP contribution in [-0.2, 0) is 21.5 Å². The van der Waals surface area contributed by atoms with Crippen molar-refractivity contribution in [2.45, 2.75) is 13.5 Å². The highest BCUT2D eigenvalue weighted by atomic mass is 32.2. The third-order valence-corrected chi connectivity index (χ3v) is 3.03. The smallest absolute Gasteiger partial charge is 0.421 e. The summed E-state index contributed by atoms with van der Waals surface area (Å²) in [5.41, 5.74) is -0.141. The number of hydrogen-bond acceptors (Lipinski definition) is 6. The fourth-order valence-corrected chi connectivity index (χ4v) is 1.92. The maximum absolute atomic E-state index is 11.4. The first-order valence-corrected chi connectivity index (χ1v) is 7.01. The summed E-state index contributed by atoms with van der Waals surface area (Å²) in [4.78, 5) is 25.1. The number of aromatic nitrogens is 2. The van der Waals surface area contributed by atoms with Crippen LogP contribution in [0.15, 0.2) is 12.5 Å². The molecule has 0 bridgehead atoms. The Morgan fingerprint density at radius 2 is 2.20 bits per heavy atom. The highest BCUT2D eigenvalue weighted by molar-refractivity contribution is 7.88. The number of hydrogen-bond donors (Lipinski definition) is 3. The van der Waals surface area contributed by atoms with Gasteiger partial charge in [-0.05, 0) is 6.92 Å². The van der Waals surface area contributed by atoms with Crippen molar-refractivity contribution in [1.29, 1.82) is 0 Å². The molecule has 3 N–H and O–H groups in total. The number of ether oxygens (including phenoxy) is 1. The molecule has 0 saturated heterocycles. The van der Waals surface area contributed by atoms with E-state index in [9.17, 15) is 18.0 Å². The van der Waals surface area contributed by atoms with E-state index in [2.05, 4.69) is 14.4 Å². The van der Waals surface area contributed by atoms with Crippen molar-refractivity contribution in [2.75, 3.05) is 13.2 Å². The van der Waals surface area contributed by atoms with Gasteiger partial charge in [0, 0.05) is 19.3 Å². The molecule has 1 rings (SSSR count). The van der Waals surface area contributed by atoms with Gasteiger partial charge in [0.05, 0.1) is 12.9 Å². The van der Waals surface area contributed by atoms with E-state index < -0.39 is 22.3 Å². The third kappa shape index (κ3) is 5.24. The van der Waals surface area contributed by atoms with E-state index >= 15 is 0 Å². The molecular formula is C9H14N4O6S. The molecule has 1 aromatic rings. The maximum atomic E-state index is 11.4. The van der Waals surface area contributed by atoms with Crippen LogP contribution in [0.1, 0.15) is 17.4 Å². The predicted octanol–water partition coefficient (Wildman–Crippen LogP) is -0.838. The molecule has 0 unspecified atom stereocenters. The predicted molar refractivity (Wildman–Crippen MR) is 66.3 cm³/mol. The monoisotopic (exact) mass is 306 g/mol. The quantitative estimate of drug-likeness (QED) is 0.596. The lowest BCUT2D eigenvalue weighted by molar-refractivity contribution is 0.0691. The SMILES string of the molecule is CCOC(=O)NS(=O)(=O)NCCn1cnc(C(=O)O)c1. The Morgan fingerprint density at radius 1 is 1.50 bits per heavy atom. The van der Waals surface area contributed by atoms with Gasteiger partial charge in [0.25, 0.3) is 0 Å². The number of carbonyl (C=O) groups is 2. The molecule has 20 heavy (non-hydrogen) atoms. The minimum absolute atomic E-state index is 0.0500. The normalized spacial score (nSPS) is 11.1. The van der Waals surface area contributed by atoms with Gasteiger partial charge in [-0.1, -0.05) is 0 Å². The van der Waals surface area contributed by atoms with Crippen LogP contribution in [0.2, 0.25) is 0 Å². The molecular weight excluding hydrogens is 292 g/mol. The van der Waals surface area contributed by atoms with E-state index in [1.165, 1.54) is 17.1 Å². The fourth-order valence-electron chi connectivity index (χ4n) is 1.21. The zero-order valence-corrected chi connectivity index (χ0v) is 11.4. The van der Waals surface area contributed by atoms with Crippen LogP contribution < -0.4 is 9.44 Å². The molecule has 1 aromatic heterocycles. The molecule has 1 heterocycles. The van der Waals surface area contributed by atoms with Crippen molar-refractivity contribution in [2.24, 2.45) is 0 Å². The number of carboxylic acid groups (broad SMARTS) is 1. The van der Waals surface area contributed by atoms with Crippen molar-refractivity contribution in [1.82, 2.24) is 19.0 Å². The number of nitrogens with one attached hydrogen (secondary N) is 2. The number of carbonyl (C=O) groups excluding carboxylic acids is 1. The standard InChI is InChI=1S/C9H14N4O6S/c1-2-19-9(16)12-20(17,18)11-3-4-13-5-7(8(14)15)10-6-13/h5-6,11H,2-4H2,1H3,(H,12,16)(H,14,15). The van der Waals surface area contributed by atoms with Gasteiger partial charge >= 0.3 is 22.3 Å². The minimum atomic E-state index is -4.01. The van der Waals surface area contributed by atoms with E-state index in [-0.39, 0.29) is 25.4 Å². The van der Waals surface area contributed by atoms with Gasteiger partial charge in [-0.25, -0.2) is 19.3 Å². The third-order valence-electron chi connectivity index (χ3n) is 2.01. The van der Waals surface area contributed by atoms with Crippen LogP contribution in [0, 0.1) is 0 Å². The van der Waals surface area contributed by atoms with Crippen molar-refractivity contribution in [3.63, 3.8) is 0 Å². The Bertz CT molecular complexity index is 581. The summed E-state index contributed by atoms with van der Waals surface area (Å²) >= 11 is 0. The summed E-state index contributed by atoms with van der Waals surface area (Å²) in [6.07, 6.45) is 1.45. The molecule has 0 saturated carbocycles. The molecule has 10 nitrogen and oxygen atoms in total. The van der Waals surface area contributed by atoms with Crippen molar-refractivity contribution >= 4 is 22.3 Å². The van der Waals surface area contributed by atoms with E-state index in [0.29, 0.717) is 0 Å². The molecule has 0 radical (unpaired) electrons. The Hall–Kier alpha value is -2.14. The summed E-state index contributed by atoms with van der Waals surface area (Å²) in [5.74, 6) is -1.17. The van der Waals surface area contributed by atoms with E-state index in [1.54, 1.807) is 11.6 Å². The van der Waals surface area contributed by atoms with Gasteiger partial charge in [-0.3, -0.25) is 0 Å². The lowest BCUT2D eigenvalue weighted by Crippen LogP contribution is -2.41. The number of rotatable bonds is 7. The second kappa shape index (κ2) is 6.86. The molecule has 0 spiro atoms. The Labute approximate surface area is 114 Å². The van der Waals surface area contributed by atoms with Crippen LogP contribution in [0.4, 0.5) is 4.79 Å². The van der Waals surface area contributed by atoms with Gasteiger partial charge in [0.2, 0.25) is 0 Å². The first-order valence-electron chi connectivity index (χ1n) is 5.53. The van der Waals surface area contributed by atoms with E-state index in [4.69, 9.17) is 5.11 Å². The second-order valence-corrected chi connectivity index (χ2v) is 5.02. The number of aromatic carboxylic acids is 1. The molecule has 0 aromatic carbocycles. The van der Waals surface area contributed by atoms with Gasteiger partial charge in [-0.15, -0.1) is 0 Å². The zero-order valence-electron chi connectivity index (χ0n) is 10.6. The van der Waals surface area contributed by atoms with Gasteiger partial charge in [0.1, 0.15) is 0 Å². The van der Waals surface area contributed by atoms with Crippen molar-refractivity contribution in [3.8, 4) is 0 Å². The fraction of sp³-hybridized carbons (Fsp3) is 0.444. The molecule has 0 fully saturated rings. The zero-order chi connectivity index (χ0) is 15.2. The number of nitrogens with zero attached hydrogens (tertiary/aromatic N) is 2. The Kier molecular flexibility index (Phi) is 5.46. The largest absolute Gasteiger partial charge is 0.476 e. The topological polar surface area (TPSA) is 140 Å². The van der Waals surface area contributed by atoms with Crippen molar-refractivity contribution in [3.05, 3.63) is 18.2 Å². The van der Waals surface area contributed by atoms with Gasteiger partial charge < -0.3 is 14.4 Å². The highest BCUT2D eigenvalue weighted by Gasteiger charge is 2.14. The number of imidazole rings is 1. The summed E-state index contributed by atoms with van der Waals surface area (Å²) in [6, 6.07) is 0. The summed E-state index contributed by atoms with van der Waals surface area (Å²) in [7, 11) is -4.01. The van der Waals surface area contributed by atoms with Crippen LogP contribution in [0.25, 0.3) is 0 Å². The van der Waals surface area contributed by atoms with E-state index in [1.807, 2.05) is 0 Å². The van der Waals surface area contributed by atoms with Crippen LogP contribution >= 0.6 is 0 Å². The van der Waals surface area contributed by atoms with Crippen LogP contribution in [0.3, 0.4) is 0 Å². The molecule has 0 atom stereocenters. The van der Waals surface area contributed by atoms with Crippen LogP contribution in [-0.4, -0.2) is 48.3 Å². The molecule has 112 valence electrons. The maximum Gasteiger partial charge on any atom is 0.421 e. The summed E-state index contributed by atoms with van der Waals surface area (Å²) in [5, 5.41) is 8.65. The average Bonchev–Trinajstić information content (AvgIpc) is 2.77. The summed E-state index contributed by atoms with van der Waals surface area (Å²) < 4.78 is 32.3. The van der Waals surface area contributed by atoms with Gasteiger partial charge in [0.15, 0.2) is 5.69 Å². The van der Waals surface area contributed by atoms with Gasteiger partial charge in [-0.2, -0.15) is 13.1 Å². The molecule has 0 aliphatic heterocycles. The summed E-state index contributed by atoms with van der Waals surface area (Å²) in [6.45, 7) is 1.70. The molecule has 1 amide bonds. The van der Waals surface area contributed by atoms with E-state index in [0.717, 1.165) is 0 Å². The first kappa shape index (κ1) is 15.9. The molecule has 0 aliphatic rings.